The van der Waals surface area contributed by atoms with E-state index in [1.165, 1.54) is 19.3 Å². The van der Waals surface area contributed by atoms with Crippen LogP contribution in [0.3, 0.4) is 0 Å². The lowest BCUT2D eigenvalue weighted by atomic mass is 9.98. The zero-order valence-corrected chi connectivity index (χ0v) is 15.6. The van der Waals surface area contributed by atoms with Crippen LogP contribution < -0.4 is 9.47 Å². The van der Waals surface area contributed by atoms with Gasteiger partial charge in [0, 0.05) is 25.5 Å². The Labute approximate surface area is 155 Å². The number of likely N-dealkylation sites (tertiary alicyclic amines) is 1. The minimum Gasteiger partial charge on any atom is -0.471 e. The summed E-state index contributed by atoms with van der Waals surface area (Å²) in [6.07, 6.45) is 11.1. The van der Waals surface area contributed by atoms with Crippen LogP contribution in [0.4, 0.5) is 0 Å². The van der Waals surface area contributed by atoms with Gasteiger partial charge in [-0.15, -0.1) is 0 Å². The predicted molar refractivity (Wildman–Crippen MR) is 96.3 cm³/mol. The van der Waals surface area contributed by atoms with Crippen LogP contribution in [0.1, 0.15) is 51.9 Å². The van der Waals surface area contributed by atoms with Crippen molar-refractivity contribution in [1.82, 2.24) is 14.9 Å². The minimum absolute atomic E-state index is 0.0684. The van der Waals surface area contributed by atoms with Gasteiger partial charge in [-0.3, -0.25) is 9.69 Å². The maximum absolute atomic E-state index is 11.6. The minimum atomic E-state index is -0.163. The van der Waals surface area contributed by atoms with Crippen molar-refractivity contribution < 1.29 is 19.0 Å². The van der Waals surface area contributed by atoms with Crippen LogP contribution in [0.25, 0.3) is 0 Å². The molecular formula is C19H29N3O4. The molecule has 1 saturated carbocycles. The number of carbonyl (C=O) groups is 1. The fourth-order valence-electron chi connectivity index (χ4n) is 3.55. The number of aromatic nitrogens is 2. The van der Waals surface area contributed by atoms with E-state index in [9.17, 15) is 4.79 Å². The molecule has 0 N–H and O–H groups in total. The first-order valence-electron chi connectivity index (χ1n) is 9.77. The number of nitrogens with zero attached hydrogens (tertiary/aromatic N) is 3. The Morgan fingerprint density at radius 2 is 1.58 bits per heavy atom. The summed E-state index contributed by atoms with van der Waals surface area (Å²) in [6, 6.07) is 0. The monoisotopic (exact) mass is 363 g/mol. The van der Waals surface area contributed by atoms with E-state index in [0.29, 0.717) is 24.9 Å². The first kappa shape index (κ1) is 18.9. The molecule has 1 aromatic rings. The number of hydrogen-bond donors (Lipinski definition) is 0. The Morgan fingerprint density at radius 1 is 1.00 bits per heavy atom. The molecule has 0 radical (unpaired) electrons. The van der Waals surface area contributed by atoms with E-state index in [1.807, 2.05) is 6.92 Å². The average Bonchev–Trinajstić information content (AvgIpc) is 2.66. The van der Waals surface area contributed by atoms with Gasteiger partial charge in [0.2, 0.25) is 0 Å². The number of hydrogen-bond acceptors (Lipinski definition) is 7. The predicted octanol–water partition coefficient (Wildman–Crippen LogP) is 2.59. The third-order valence-corrected chi connectivity index (χ3v) is 4.93. The summed E-state index contributed by atoms with van der Waals surface area (Å²) in [5, 5.41) is 0. The summed E-state index contributed by atoms with van der Waals surface area (Å²) in [5.74, 6) is 0.833. The molecule has 0 aromatic carbocycles. The second-order valence-corrected chi connectivity index (χ2v) is 6.94. The summed E-state index contributed by atoms with van der Waals surface area (Å²) < 4.78 is 17.2. The van der Waals surface area contributed by atoms with Crippen molar-refractivity contribution >= 4 is 5.97 Å². The van der Waals surface area contributed by atoms with Gasteiger partial charge in [-0.2, -0.15) is 0 Å². The number of rotatable bonds is 7. The van der Waals surface area contributed by atoms with Crippen LogP contribution in [-0.2, 0) is 9.53 Å². The normalized spacial score (nSPS) is 19.9. The Balaban J connectivity index is 1.49. The molecule has 7 heteroatoms. The first-order valence-corrected chi connectivity index (χ1v) is 9.77. The van der Waals surface area contributed by atoms with Crippen molar-refractivity contribution in [2.75, 3.05) is 26.2 Å². The lowest BCUT2D eigenvalue weighted by molar-refractivity contribution is -0.144. The Hall–Kier alpha value is -1.89. The molecule has 2 heterocycles. The highest BCUT2D eigenvalue weighted by Gasteiger charge is 2.25. The summed E-state index contributed by atoms with van der Waals surface area (Å²) in [6.45, 7) is 4.22. The van der Waals surface area contributed by atoms with Crippen LogP contribution in [-0.4, -0.2) is 59.3 Å². The van der Waals surface area contributed by atoms with Gasteiger partial charge in [-0.25, -0.2) is 9.97 Å². The smallest absolute Gasteiger partial charge is 0.320 e. The van der Waals surface area contributed by atoms with Crippen molar-refractivity contribution in [1.29, 1.82) is 0 Å². The van der Waals surface area contributed by atoms with Gasteiger partial charge >= 0.3 is 5.97 Å². The van der Waals surface area contributed by atoms with Gasteiger partial charge in [0.25, 0.3) is 11.8 Å². The second-order valence-electron chi connectivity index (χ2n) is 6.94. The zero-order valence-electron chi connectivity index (χ0n) is 15.6. The van der Waals surface area contributed by atoms with Gasteiger partial charge in [0.1, 0.15) is 12.2 Å². The van der Waals surface area contributed by atoms with Crippen molar-refractivity contribution in [2.24, 2.45) is 0 Å². The lowest BCUT2D eigenvalue weighted by Crippen LogP contribution is -2.41. The molecule has 7 nitrogen and oxygen atoms in total. The van der Waals surface area contributed by atoms with Crippen molar-refractivity contribution in [2.45, 2.75) is 64.1 Å². The third kappa shape index (κ3) is 5.56. The molecule has 1 aliphatic carbocycles. The largest absolute Gasteiger partial charge is 0.471 e. The molecule has 1 saturated heterocycles. The van der Waals surface area contributed by atoms with E-state index in [4.69, 9.17) is 14.2 Å². The second kappa shape index (κ2) is 9.71. The van der Waals surface area contributed by atoms with E-state index >= 15 is 0 Å². The van der Waals surface area contributed by atoms with Crippen LogP contribution in [0, 0.1) is 0 Å². The van der Waals surface area contributed by atoms with E-state index < -0.39 is 0 Å². The lowest BCUT2D eigenvalue weighted by Gasteiger charge is -2.31. The topological polar surface area (TPSA) is 73.8 Å². The standard InChI is InChI=1S/C19H29N3O4/c1-2-24-17(23)14-22-12-8-16(9-13-22)26-19-18(20-10-11-21-19)25-15-6-4-3-5-7-15/h10-11,15-16H,2-9,12-14H2,1H3. The molecule has 3 rings (SSSR count). The molecule has 0 unspecified atom stereocenters. The average molecular weight is 363 g/mol. The Bertz CT molecular complexity index is 570. The number of carbonyl (C=O) groups excluding carboxylic acids is 1. The Morgan fingerprint density at radius 3 is 2.15 bits per heavy atom. The summed E-state index contributed by atoms with van der Waals surface area (Å²) in [7, 11) is 0. The number of piperidine rings is 1. The van der Waals surface area contributed by atoms with E-state index in [-0.39, 0.29) is 18.2 Å². The maximum Gasteiger partial charge on any atom is 0.320 e. The zero-order chi connectivity index (χ0) is 18.2. The fourth-order valence-corrected chi connectivity index (χ4v) is 3.55. The van der Waals surface area contributed by atoms with Crippen LogP contribution in [0.2, 0.25) is 0 Å². The molecule has 26 heavy (non-hydrogen) atoms. The van der Waals surface area contributed by atoms with E-state index in [1.54, 1.807) is 12.4 Å². The SMILES string of the molecule is CCOC(=O)CN1CCC(Oc2nccnc2OC2CCCCC2)CC1. The molecule has 1 aromatic heterocycles. The van der Waals surface area contributed by atoms with E-state index in [2.05, 4.69) is 14.9 Å². The summed E-state index contributed by atoms with van der Waals surface area (Å²) in [5.41, 5.74) is 0. The molecule has 0 bridgehead atoms. The van der Waals surface area contributed by atoms with Gasteiger partial charge in [-0.05, 0) is 45.4 Å². The van der Waals surface area contributed by atoms with Crippen molar-refractivity contribution in [3.05, 3.63) is 12.4 Å². The molecule has 0 atom stereocenters. The van der Waals surface area contributed by atoms with Crippen molar-refractivity contribution in [3.8, 4) is 11.8 Å². The van der Waals surface area contributed by atoms with Crippen LogP contribution in [0.5, 0.6) is 11.8 Å². The number of esters is 1. The molecule has 2 aliphatic rings. The Kier molecular flexibility index (Phi) is 7.05. The molecular weight excluding hydrogens is 334 g/mol. The van der Waals surface area contributed by atoms with Crippen molar-refractivity contribution in [3.63, 3.8) is 0 Å². The highest BCUT2D eigenvalue weighted by Crippen LogP contribution is 2.29. The summed E-state index contributed by atoms with van der Waals surface area (Å²) in [4.78, 5) is 22.4. The maximum atomic E-state index is 11.6. The van der Waals surface area contributed by atoms with Gasteiger partial charge in [0.15, 0.2) is 0 Å². The van der Waals surface area contributed by atoms with Crippen LogP contribution >= 0.6 is 0 Å². The van der Waals surface area contributed by atoms with Gasteiger partial charge in [-0.1, -0.05) is 6.42 Å². The quantitative estimate of drug-likeness (QED) is 0.689. The molecule has 1 aliphatic heterocycles. The molecule has 2 fully saturated rings. The fraction of sp³-hybridized carbons (Fsp3) is 0.737. The molecule has 144 valence electrons. The van der Waals surface area contributed by atoms with Crippen LogP contribution in [0.15, 0.2) is 12.4 Å². The molecule has 0 spiro atoms. The highest BCUT2D eigenvalue weighted by atomic mass is 16.5. The summed E-state index contributed by atoms with van der Waals surface area (Å²) >= 11 is 0. The first-order chi connectivity index (χ1) is 12.7. The highest BCUT2D eigenvalue weighted by molar-refractivity contribution is 5.71. The third-order valence-electron chi connectivity index (χ3n) is 4.93. The van der Waals surface area contributed by atoms with E-state index in [0.717, 1.165) is 38.8 Å². The number of ether oxygens (including phenoxy) is 3. The molecule has 0 amide bonds. The van der Waals surface area contributed by atoms with Gasteiger partial charge < -0.3 is 14.2 Å². The van der Waals surface area contributed by atoms with Gasteiger partial charge in [0.05, 0.1) is 13.2 Å².